The molecular weight excluding hydrogens is 266 g/mol. The Bertz CT molecular complexity index is 451. The first-order valence-electron chi connectivity index (χ1n) is 6.67. The summed E-state index contributed by atoms with van der Waals surface area (Å²) in [6.07, 6.45) is 3.93. The molecule has 0 aliphatic heterocycles. The Balaban J connectivity index is 1.95. The molecule has 2 rings (SSSR count). The highest BCUT2D eigenvalue weighted by Gasteiger charge is 2.23. The van der Waals surface area contributed by atoms with E-state index in [1.165, 1.54) is 24.3 Å². The molecule has 4 nitrogen and oxygen atoms in total. The predicted octanol–water partition coefficient (Wildman–Crippen LogP) is 2.29. The van der Waals surface area contributed by atoms with Gasteiger partial charge in [0.25, 0.3) is 5.91 Å². The van der Waals surface area contributed by atoms with E-state index in [2.05, 4.69) is 10.1 Å². The van der Waals surface area contributed by atoms with Crippen LogP contribution in [0, 0.1) is 0 Å². The van der Waals surface area contributed by atoms with Crippen molar-refractivity contribution in [1.29, 1.82) is 0 Å². The Morgan fingerprint density at radius 1 is 1.25 bits per heavy atom. The molecule has 2 atom stereocenters. The largest absolute Gasteiger partial charge is 0.435 e. The van der Waals surface area contributed by atoms with E-state index >= 15 is 0 Å². The van der Waals surface area contributed by atoms with Crippen LogP contribution in [0.5, 0.6) is 5.75 Å². The quantitative estimate of drug-likeness (QED) is 0.891. The van der Waals surface area contributed by atoms with Gasteiger partial charge in [-0.25, -0.2) is 0 Å². The lowest BCUT2D eigenvalue weighted by Crippen LogP contribution is -2.49. The molecule has 0 spiro atoms. The molecule has 6 heteroatoms. The van der Waals surface area contributed by atoms with Crippen molar-refractivity contribution in [3.05, 3.63) is 29.8 Å². The molecule has 1 aliphatic carbocycles. The molecule has 1 aromatic rings. The van der Waals surface area contributed by atoms with Gasteiger partial charge >= 0.3 is 6.61 Å². The first-order valence-corrected chi connectivity index (χ1v) is 6.67. The zero-order valence-electron chi connectivity index (χ0n) is 11.0. The number of halogens is 2. The minimum absolute atomic E-state index is 0.0193. The minimum Gasteiger partial charge on any atom is -0.435 e. The summed E-state index contributed by atoms with van der Waals surface area (Å²) in [6, 6.07) is 5.58. The van der Waals surface area contributed by atoms with Crippen LogP contribution in [0.2, 0.25) is 0 Å². The number of nitrogens with two attached hydrogens (primary N) is 1. The van der Waals surface area contributed by atoms with E-state index in [0.717, 1.165) is 25.7 Å². The summed E-state index contributed by atoms with van der Waals surface area (Å²) in [7, 11) is 0. The van der Waals surface area contributed by atoms with E-state index in [1.54, 1.807) is 0 Å². The van der Waals surface area contributed by atoms with Crippen molar-refractivity contribution in [2.24, 2.45) is 5.73 Å². The van der Waals surface area contributed by atoms with Crippen LogP contribution in [0.1, 0.15) is 36.0 Å². The first kappa shape index (κ1) is 14.7. The third-order valence-corrected chi connectivity index (χ3v) is 3.48. The van der Waals surface area contributed by atoms with Crippen LogP contribution in [-0.2, 0) is 0 Å². The molecule has 0 radical (unpaired) electrons. The van der Waals surface area contributed by atoms with Crippen LogP contribution in [0.25, 0.3) is 0 Å². The summed E-state index contributed by atoms with van der Waals surface area (Å²) in [6.45, 7) is -2.87. The smallest absolute Gasteiger partial charge is 0.387 e. The van der Waals surface area contributed by atoms with Crippen molar-refractivity contribution >= 4 is 5.91 Å². The number of alkyl halides is 2. The molecule has 3 N–H and O–H groups in total. The fourth-order valence-corrected chi connectivity index (χ4v) is 2.38. The lowest BCUT2D eigenvalue weighted by atomic mass is 9.91. The Labute approximate surface area is 116 Å². The van der Waals surface area contributed by atoms with Gasteiger partial charge in [0.05, 0.1) is 0 Å². The molecule has 1 aromatic carbocycles. The van der Waals surface area contributed by atoms with Gasteiger partial charge in [-0.05, 0) is 37.1 Å². The first-order chi connectivity index (χ1) is 9.56. The number of benzene rings is 1. The maximum Gasteiger partial charge on any atom is 0.387 e. The number of hydrogen-bond acceptors (Lipinski definition) is 3. The third kappa shape index (κ3) is 3.90. The maximum atomic E-state index is 12.0. The Morgan fingerprint density at radius 3 is 2.50 bits per heavy atom. The van der Waals surface area contributed by atoms with Crippen molar-refractivity contribution in [3.8, 4) is 5.75 Å². The molecule has 0 heterocycles. The van der Waals surface area contributed by atoms with E-state index in [-0.39, 0.29) is 23.7 Å². The summed E-state index contributed by atoms with van der Waals surface area (Å²) in [5.41, 5.74) is 6.37. The second-order valence-electron chi connectivity index (χ2n) is 4.93. The van der Waals surface area contributed by atoms with Crippen molar-refractivity contribution < 1.29 is 18.3 Å². The van der Waals surface area contributed by atoms with Gasteiger partial charge in [0.1, 0.15) is 5.75 Å². The fraction of sp³-hybridized carbons (Fsp3) is 0.500. The van der Waals surface area contributed by atoms with Crippen molar-refractivity contribution in [2.45, 2.75) is 44.4 Å². The summed E-state index contributed by atoms with van der Waals surface area (Å²) in [5.74, 6) is -0.207. The number of rotatable bonds is 4. The lowest BCUT2D eigenvalue weighted by Gasteiger charge is -2.29. The van der Waals surface area contributed by atoms with Crippen molar-refractivity contribution in [3.63, 3.8) is 0 Å². The number of carbonyl (C=O) groups is 1. The monoisotopic (exact) mass is 284 g/mol. The minimum atomic E-state index is -2.87. The normalized spacial score (nSPS) is 22.6. The number of nitrogens with one attached hydrogen (secondary N) is 1. The van der Waals surface area contributed by atoms with Crippen LogP contribution < -0.4 is 15.8 Å². The third-order valence-electron chi connectivity index (χ3n) is 3.48. The molecule has 1 fully saturated rings. The van der Waals surface area contributed by atoms with Crippen LogP contribution in [0.15, 0.2) is 24.3 Å². The zero-order chi connectivity index (χ0) is 14.5. The Hall–Kier alpha value is -1.69. The van der Waals surface area contributed by atoms with Gasteiger partial charge in [-0.15, -0.1) is 0 Å². The second-order valence-corrected chi connectivity index (χ2v) is 4.93. The molecule has 1 saturated carbocycles. The Kier molecular flexibility index (Phi) is 4.89. The molecule has 1 amide bonds. The summed E-state index contributed by atoms with van der Waals surface area (Å²) < 4.78 is 28.3. The summed E-state index contributed by atoms with van der Waals surface area (Å²) >= 11 is 0. The molecule has 1 aliphatic rings. The van der Waals surface area contributed by atoms with Gasteiger partial charge in [-0.2, -0.15) is 8.78 Å². The van der Waals surface area contributed by atoms with E-state index in [9.17, 15) is 13.6 Å². The van der Waals surface area contributed by atoms with Gasteiger partial charge in [0.15, 0.2) is 0 Å². The summed E-state index contributed by atoms with van der Waals surface area (Å²) in [4.78, 5) is 12.0. The number of amides is 1. The van der Waals surface area contributed by atoms with Gasteiger partial charge in [-0.1, -0.05) is 12.8 Å². The molecular formula is C14H18F2N2O2. The highest BCUT2D eigenvalue weighted by molar-refractivity contribution is 5.94. The second kappa shape index (κ2) is 6.65. The van der Waals surface area contributed by atoms with Crippen LogP contribution >= 0.6 is 0 Å². The lowest BCUT2D eigenvalue weighted by molar-refractivity contribution is -0.0498. The molecule has 0 saturated heterocycles. The molecule has 0 bridgehead atoms. The number of hydrogen-bond donors (Lipinski definition) is 2. The fourth-order valence-electron chi connectivity index (χ4n) is 2.38. The van der Waals surface area contributed by atoms with E-state index in [4.69, 9.17) is 5.73 Å². The van der Waals surface area contributed by atoms with Crippen LogP contribution in [0.4, 0.5) is 8.78 Å². The number of ether oxygens (including phenoxy) is 1. The Morgan fingerprint density at radius 2 is 1.90 bits per heavy atom. The molecule has 0 aromatic heterocycles. The highest BCUT2D eigenvalue weighted by atomic mass is 19.3. The zero-order valence-corrected chi connectivity index (χ0v) is 11.0. The van der Waals surface area contributed by atoms with Gasteiger partial charge < -0.3 is 15.8 Å². The maximum absolute atomic E-state index is 12.0. The molecule has 20 heavy (non-hydrogen) atoms. The summed E-state index contributed by atoms with van der Waals surface area (Å²) in [5, 5.41) is 2.89. The van der Waals surface area contributed by atoms with Gasteiger partial charge in [0.2, 0.25) is 0 Å². The standard InChI is InChI=1S/C14H18F2N2O2/c15-14(16)20-10-7-5-9(6-8-10)13(19)18-12-4-2-1-3-11(12)17/h5-8,11-12,14H,1-4,17H2,(H,18,19). The van der Waals surface area contributed by atoms with Crippen LogP contribution in [0.3, 0.4) is 0 Å². The highest BCUT2D eigenvalue weighted by Crippen LogP contribution is 2.18. The average Bonchev–Trinajstić information content (AvgIpc) is 2.41. The molecule has 110 valence electrons. The average molecular weight is 284 g/mol. The van der Waals surface area contributed by atoms with E-state index in [0.29, 0.717) is 5.56 Å². The predicted molar refractivity (Wildman–Crippen MR) is 70.8 cm³/mol. The van der Waals surface area contributed by atoms with Gasteiger partial charge in [0, 0.05) is 17.6 Å². The van der Waals surface area contributed by atoms with Crippen molar-refractivity contribution in [1.82, 2.24) is 5.32 Å². The SMILES string of the molecule is NC1CCCCC1NC(=O)c1ccc(OC(F)F)cc1. The topological polar surface area (TPSA) is 64.3 Å². The van der Waals surface area contributed by atoms with E-state index in [1.807, 2.05) is 0 Å². The van der Waals surface area contributed by atoms with E-state index < -0.39 is 6.61 Å². The van der Waals surface area contributed by atoms with Crippen LogP contribution in [-0.4, -0.2) is 24.6 Å². The molecule has 2 unspecified atom stereocenters. The van der Waals surface area contributed by atoms with Crippen molar-refractivity contribution in [2.75, 3.05) is 0 Å². The number of carbonyl (C=O) groups excluding carboxylic acids is 1. The van der Waals surface area contributed by atoms with Gasteiger partial charge in [-0.3, -0.25) is 4.79 Å².